The molecule has 1 aromatic heterocycles. The molecule has 2 nitrogen and oxygen atoms in total. The van der Waals surface area contributed by atoms with Crippen LogP contribution in [0.5, 0.6) is 5.75 Å². The third-order valence-electron chi connectivity index (χ3n) is 3.92. The lowest BCUT2D eigenvalue weighted by Crippen LogP contribution is -1.85. The SMILES string of the molecule is COc1ccc(-c2[nH]c3ccccc3c2[SH]2C=CC=C2)cc1. The molecule has 0 atom stereocenters. The zero-order valence-electron chi connectivity index (χ0n) is 12.3. The van der Waals surface area contributed by atoms with E-state index in [-0.39, 0.29) is 10.9 Å². The number of aromatic nitrogens is 1. The molecule has 0 amide bonds. The summed E-state index contributed by atoms with van der Waals surface area (Å²) in [5.41, 5.74) is 3.61. The van der Waals surface area contributed by atoms with E-state index in [0.29, 0.717) is 0 Å². The summed E-state index contributed by atoms with van der Waals surface area (Å²) in [7, 11) is 1.31. The highest BCUT2D eigenvalue weighted by atomic mass is 32.2. The van der Waals surface area contributed by atoms with Crippen LogP contribution in [0.4, 0.5) is 0 Å². The van der Waals surface area contributed by atoms with Gasteiger partial charge in [-0.15, -0.1) is 0 Å². The van der Waals surface area contributed by atoms with Gasteiger partial charge in [0.2, 0.25) is 0 Å². The van der Waals surface area contributed by atoms with Crippen molar-refractivity contribution in [3.63, 3.8) is 0 Å². The molecule has 0 aliphatic carbocycles. The van der Waals surface area contributed by atoms with E-state index in [9.17, 15) is 0 Å². The first-order chi connectivity index (χ1) is 10.9. The maximum absolute atomic E-state index is 5.27. The summed E-state index contributed by atoms with van der Waals surface area (Å²) in [5, 5.41) is 5.92. The summed E-state index contributed by atoms with van der Waals surface area (Å²) < 4.78 is 5.27. The molecule has 2 heterocycles. The Morgan fingerprint density at radius 2 is 1.64 bits per heavy atom. The number of thiol groups is 1. The number of fused-ring (bicyclic) bond motifs is 1. The smallest absolute Gasteiger partial charge is 0.118 e. The van der Waals surface area contributed by atoms with Gasteiger partial charge < -0.3 is 9.72 Å². The van der Waals surface area contributed by atoms with Crippen LogP contribution in [0.25, 0.3) is 22.2 Å². The second-order valence-corrected chi connectivity index (χ2v) is 7.07. The third kappa shape index (κ3) is 2.14. The van der Waals surface area contributed by atoms with Crippen molar-refractivity contribution in [3.05, 3.63) is 71.5 Å². The number of methoxy groups -OCH3 is 1. The molecule has 1 aliphatic heterocycles. The predicted molar refractivity (Wildman–Crippen MR) is 95.8 cm³/mol. The summed E-state index contributed by atoms with van der Waals surface area (Å²) in [6.45, 7) is 0. The molecule has 2 aromatic carbocycles. The Morgan fingerprint density at radius 1 is 0.909 bits per heavy atom. The molecule has 0 saturated carbocycles. The summed E-state index contributed by atoms with van der Waals surface area (Å²) in [6, 6.07) is 16.8. The van der Waals surface area contributed by atoms with Gasteiger partial charge >= 0.3 is 0 Å². The van der Waals surface area contributed by atoms with E-state index in [1.807, 2.05) is 12.1 Å². The van der Waals surface area contributed by atoms with E-state index in [2.05, 4.69) is 64.4 Å². The first-order valence-electron chi connectivity index (χ1n) is 7.25. The van der Waals surface area contributed by atoms with Gasteiger partial charge in [-0.3, -0.25) is 0 Å². The minimum atomic E-state index is -0.382. The number of H-pyrrole nitrogens is 1. The van der Waals surface area contributed by atoms with Crippen LogP contribution in [0, 0.1) is 0 Å². The van der Waals surface area contributed by atoms with Gasteiger partial charge in [-0.05, 0) is 46.7 Å². The Morgan fingerprint density at radius 3 is 2.36 bits per heavy atom. The lowest BCUT2D eigenvalue weighted by Gasteiger charge is -2.13. The van der Waals surface area contributed by atoms with Gasteiger partial charge in [0.1, 0.15) is 5.75 Å². The van der Waals surface area contributed by atoms with E-state index in [4.69, 9.17) is 4.74 Å². The number of hydrogen-bond donors (Lipinski definition) is 2. The van der Waals surface area contributed by atoms with Crippen LogP contribution in [0.1, 0.15) is 0 Å². The molecule has 0 radical (unpaired) electrons. The molecule has 3 heteroatoms. The Balaban J connectivity index is 1.93. The van der Waals surface area contributed by atoms with Crippen molar-refractivity contribution in [2.24, 2.45) is 0 Å². The van der Waals surface area contributed by atoms with Gasteiger partial charge in [-0.2, -0.15) is 10.9 Å². The number of benzene rings is 2. The number of rotatable bonds is 3. The molecular formula is C19H17NOS. The van der Waals surface area contributed by atoms with Gasteiger partial charge in [-0.1, -0.05) is 30.4 Å². The first kappa shape index (κ1) is 13.3. The maximum atomic E-state index is 5.27. The fourth-order valence-corrected chi connectivity index (χ4v) is 4.73. The molecule has 110 valence electrons. The van der Waals surface area contributed by atoms with Gasteiger partial charge in [0.25, 0.3) is 0 Å². The molecule has 4 rings (SSSR count). The standard InChI is InChI=1S/C19H17NOS/c1-21-15-10-8-14(9-11-15)18-19(22-12-4-5-13-22)16-6-2-3-7-17(16)20-18/h2-13,20,22H,1H3. The van der Waals surface area contributed by atoms with Crippen LogP contribution in [-0.2, 0) is 0 Å². The number of aromatic amines is 1. The van der Waals surface area contributed by atoms with Crippen molar-refractivity contribution in [2.45, 2.75) is 4.90 Å². The van der Waals surface area contributed by atoms with Gasteiger partial charge in [0.05, 0.1) is 12.8 Å². The molecule has 1 N–H and O–H groups in total. The average Bonchev–Trinajstić information content (AvgIpc) is 3.21. The highest BCUT2D eigenvalue weighted by Gasteiger charge is 2.17. The Hall–Kier alpha value is -2.39. The predicted octanol–water partition coefficient (Wildman–Crippen LogP) is 5.24. The molecule has 0 saturated heterocycles. The van der Waals surface area contributed by atoms with E-state index in [1.165, 1.54) is 27.1 Å². The molecule has 0 spiro atoms. The van der Waals surface area contributed by atoms with Crippen molar-refractivity contribution >= 4 is 21.8 Å². The Labute approximate surface area is 132 Å². The number of allylic oxidation sites excluding steroid dienone is 2. The van der Waals surface area contributed by atoms with Crippen LogP contribution in [0.2, 0.25) is 0 Å². The second-order valence-electron chi connectivity index (χ2n) is 5.21. The average molecular weight is 307 g/mol. The van der Waals surface area contributed by atoms with Crippen LogP contribution in [0.15, 0.2) is 76.4 Å². The molecule has 0 unspecified atom stereocenters. The normalized spacial score (nSPS) is 14.9. The minimum Gasteiger partial charge on any atom is -0.497 e. The Bertz CT molecular complexity index is 862. The summed E-state index contributed by atoms with van der Waals surface area (Å²) in [4.78, 5) is 5.01. The fourth-order valence-electron chi connectivity index (χ4n) is 2.85. The quantitative estimate of drug-likeness (QED) is 0.635. The van der Waals surface area contributed by atoms with Crippen LogP contribution in [-0.4, -0.2) is 12.1 Å². The monoisotopic (exact) mass is 307 g/mol. The molecule has 22 heavy (non-hydrogen) atoms. The number of nitrogens with one attached hydrogen (secondary N) is 1. The summed E-state index contributed by atoms with van der Waals surface area (Å²) in [6.07, 6.45) is 4.29. The summed E-state index contributed by atoms with van der Waals surface area (Å²) in [5.74, 6) is 0.882. The van der Waals surface area contributed by atoms with Crippen molar-refractivity contribution in [1.82, 2.24) is 4.98 Å². The van der Waals surface area contributed by atoms with Gasteiger partial charge in [0, 0.05) is 15.8 Å². The molecular weight excluding hydrogens is 290 g/mol. The van der Waals surface area contributed by atoms with Gasteiger partial charge in [0.15, 0.2) is 0 Å². The van der Waals surface area contributed by atoms with Crippen molar-refractivity contribution in [1.29, 1.82) is 0 Å². The third-order valence-corrected chi connectivity index (χ3v) is 5.89. The van der Waals surface area contributed by atoms with E-state index >= 15 is 0 Å². The van der Waals surface area contributed by atoms with Crippen LogP contribution >= 0.6 is 10.9 Å². The van der Waals surface area contributed by atoms with Crippen LogP contribution < -0.4 is 4.74 Å². The van der Waals surface area contributed by atoms with E-state index < -0.39 is 0 Å². The number of hydrogen-bond acceptors (Lipinski definition) is 1. The van der Waals surface area contributed by atoms with Gasteiger partial charge in [-0.25, -0.2) is 0 Å². The zero-order valence-corrected chi connectivity index (χ0v) is 13.2. The van der Waals surface area contributed by atoms with Crippen molar-refractivity contribution in [2.75, 3.05) is 7.11 Å². The highest BCUT2D eigenvalue weighted by molar-refractivity contribution is 8.22. The minimum absolute atomic E-state index is 0.382. The topological polar surface area (TPSA) is 25.0 Å². The summed E-state index contributed by atoms with van der Waals surface area (Å²) >= 11 is 0. The molecule has 0 fully saturated rings. The number of ether oxygens (including phenoxy) is 1. The molecule has 1 aliphatic rings. The van der Waals surface area contributed by atoms with E-state index in [0.717, 1.165) is 5.75 Å². The van der Waals surface area contributed by atoms with E-state index in [1.54, 1.807) is 7.11 Å². The molecule has 3 aromatic rings. The number of para-hydroxylation sites is 1. The van der Waals surface area contributed by atoms with Crippen molar-refractivity contribution < 1.29 is 4.74 Å². The first-order valence-corrected chi connectivity index (χ1v) is 8.73. The largest absolute Gasteiger partial charge is 0.497 e. The fraction of sp³-hybridized carbons (Fsp3) is 0.0526. The van der Waals surface area contributed by atoms with Crippen LogP contribution in [0.3, 0.4) is 0 Å². The lowest BCUT2D eigenvalue weighted by atomic mass is 10.1. The lowest BCUT2D eigenvalue weighted by molar-refractivity contribution is 0.415. The molecule has 0 bridgehead atoms. The highest BCUT2D eigenvalue weighted by Crippen LogP contribution is 2.50. The second kappa shape index (κ2) is 5.43. The zero-order chi connectivity index (χ0) is 14.9. The maximum Gasteiger partial charge on any atom is 0.118 e. The van der Waals surface area contributed by atoms with Crippen molar-refractivity contribution in [3.8, 4) is 17.0 Å². The Kier molecular flexibility index (Phi) is 3.28.